The van der Waals surface area contributed by atoms with Gasteiger partial charge in [-0.25, -0.2) is 0 Å². The lowest BCUT2D eigenvalue weighted by Gasteiger charge is -2.21. The number of fused-ring (bicyclic) bond motifs is 8. The fraction of sp³-hybridized carbons (Fsp3) is 0.0294. The van der Waals surface area contributed by atoms with Crippen LogP contribution in [0.2, 0.25) is 0 Å². The van der Waals surface area contributed by atoms with Gasteiger partial charge in [-0.3, -0.25) is 0 Å². The monoisotopic (exact) mass is 1050 g/mol. The van der Waals surface area contributed by atoms with Crippen molar-refractivity contribution in [2.75, 3.05) is 0 Å². The summed E-state index contributed by atoms with van der Waals surface area (Å²) in [6.45, 7) is 0. The van der Waals surface area contributed by atoms with Crippen LogP contribution < -0.4 is 0 Å². The van der Waals surface area contributed by atoms with E-state index in [2.05, 4.69) is 57.7 Å². The van der Waals surface area contributed by atoms with Crippen molar-refractivity contribution >= 4 is 65.2 Å². The summed E-state index contributed by atoms with van der Waals surface area (Å²) in [5.41, 5.74) is 11.0. The smallest absolute Gasteiger partial charge is 0.309 e. The van der Waals surface area contributed by atoms with E-state index in [1.807, 2.05) is 109 Å². The molecule has 0 aliphatic carbocycles. The Balaban J connectivity index is 1.11. The molecule has 0 spiro atoms. The predicted molar refractivity (Wildman–Crippen MR) is 301 cm³/mol. The molecule has 2 heterocycles. The Morgan fingerprint density at radius 2 is 0.525 bits per heavy atom. The molecule has 13 aromatic rings. The fourth-order valence-electron chi connectivity index (χ4n) is 11.3. The summed E-state index contributed by atoms with van der Waals surface area (Å²) in [5, 5.41) is 46.4. The van der Waals surface area contributed by atoms with Gasteiger partial charge in [-0.05, 0) is 187 Å². The van der Waals surface area contributed by atoms with Crippen LogP contribution in [0.25, 0.3) is 121 Å². The van der Waals surface area contributed by atoms with Gasteiger partial charge < -0.3 is 9.13 Å². The highest BCUT2D eigenvalue weighted by Crippen LogP contribution is 2.48. The lowest BCUT2D eigenvalue weighted by Crippen LogP contribution is -2.03. The quantitative estimate of drug-likeness (QED) is 0.122. The van der Waals surface area contributed by atoms with Crippen molar-refractivity contribution in [3.8, 4) is 80.2 Å². The second-order valence-electron chi connectivity index (χ2n) is 19.6. The molecule has 0 aliphatic rings. The van der Waals surface area contributed by atoms with Crippen molar-refractivity contribution in [2.24, 2.45) is 0 Å². The minimum absolute atomic E-state index is 0.457. The zero-order chi connectivity index (χ0) is 55.2. The molecule has 0 radical (unpaired) electrons. The molecule has 0 atom stereocenters. The van der Waals surface area contributed by atoms with Gasteiger partial charge >= 0.3 is 12.4 Å². The highest BCUT2D eigenvalue weighted by atomic mass is 19.4. The lowest BCUT2D eigenvalue weighted by atomic mass is 9.85. The van der Waals surface area contributed by atoms with Gasteiger partial charge in [0.1, 0.15) is 0 Å². The van der Waals surface area contributed by atoms with Gasteiger partial charge in [-0.1, -0.05) is 84.9 Å². The molecule has 0 amide bonds. The Labute approximate surface area is 451 Å². The Kier molecular flexibility index (Phi) is 11.2. The molecule has 0 N–H and O–H groups in total. The standard InChI is InChI=1S/C68H34F6N6/c69-67(70,71)49-17-13-45(14-18-49)43-5-9-47(10-6-43)65-54-24-22-52(80-63-27-3-41(37-77)31-57(63)58-32-42(38-78)4-28-64(58)80)34-60(54)66(48-11-7-44(8-12-48)46-15-19-50(20-16-46)68(72,73)74)53-23-21-51(33-59(53)65)79-61-25-1-39(35-75)29-55(61)56-30-40(36-76)2-26-62(56)79/h1-34H. The van der Waals surface area contributed by atoms with E-state index >= 15 is 0 Å². The van der Waals surface area contributed by atoms with Crippen molar-refractivity contribution in [1.82, 2.24) is 9.13 Å². The first-order chi connectivity index (χ1) is 38.7. The first-order valence-corrected chi connectivity index (χ1v) is 25.1. The zero-order valence-corrected chi connectivity index (χ0v) is 41.6. The maximum atomic E-state index is 13.6. The van der Waals surface area contributed by atoms with Crippen LogP contribution >= 0.6 is 0 Å². The van der Waals surface area contributed by atoms with Crippen LogP contribution in [0.4, 0.5) is 26.3 Å². The predicted octanol–water partition coefficient (Wildman–Crippen LogP) is 18.4. The van der Waals surface area contributed by atoms with E-state index in [9.17, 15) is 47.4 Å². The Morgan fingerprint density at radius 1 is 0.263 bits per heavy atom. The van der Waals surface area contributed by atoms with E-state index in [0.717, 1.165) is 123 Å². The minimum Gasteiger partial charge on any atom is -0.309 e. The molecule has 0 unspecified atom stereocenters. The number of halogens is 6. The molecular formula is C68H34F6N6. The van der Waals surface area contributed by atoms with E-state index in [4.69, 9.17) is 0 Å². The molecule has 13 rings (SSSR count). The van der Waals surface area contributed by atoms with Crippen molar-refractivity contribution in [3.05, 3.63) is 240 Å². The topological polar surface area (TPSA) is 105 Å². The molecule has 0 saturated carbocycles. The second kappa shape index (κ2) is 18.4. The Bertz CT molecular complexity index is 4470. The maximum Gasteiger partial charge on any atom is 0.416 e. The number of nitrogens with zero attached hydrogens (tertiary/aromatic N) is 6. The molecule has 80 heavy (non-hydrogen) atoms. The third kappa shape index (κ3) is 8.02. The Morgan fingerprint density at radius 3 is 0.787 bits per heavy atom. The van der Waals surface area contributed by atoms with Crippen LogP contribution in [0.1, 0.15) is 33.4 Å². The van der Waals surface area contributed by atoms with Gasteiger partial charge in [-0.2, -0.15) is 47.4 Å². The number of aromatic nitrogens is 2. The molecule has 6 nitrogen and oxygen atoms in total. The highest BCUT2D eigenvalue weighted by Gasteiger charge is 2.31. The molecule has 0 fully saturated rings. The van der Waals surface area contributed by atoms with Crippen LogP contribution in [-0.4, -0.2) is 9.13 Å². The minimum atomic E-state index is -4.49. The molecule has 2 aromatic heterocycles. The van der Waals surface area contributed by atoms with Crippen LogP contribution in [0.15, 0.2) is 206 Å². The van der Waals surface area contributed by atoms with Crippen molar-refractivity contribution in [1.29, 1.82) is 21.0 Å². The summed E-state index contributed by atoms with van der Waals surface area (Å²) in [5.74, 6) is 0. The third-order valence-corrected chi connectivity index (χ3v) is 15.1. The number of hydrogen-bond acceptors (Lipinski definition) is 4. The van der Waals surface area contributed by atoms with Gasteiger partial charge in [0, 0.05) is 32.9 Å². The van der Waals surface area contributed by atoms with Gasteiger partial charge in [0.2, 0.25) is 0 Å². The number of nitriles is 4. The first kappa shape index (κ1) is 48.7. The SMILES string of the molecule is N#Cc1ccc2c(c1)c1cc(C#N)ccc1n2-c1ccc2c(-c3ccc(-c4ccc(C(F)(F)F)cc4)cc3)c3cc(-n4c5ccc(C#N)cc5c5cc(C#N)ccc54)ccc3c(-c3ccc(-c4ccc(C(F)(F)F)cc4)cc3)c2c1. The van der Waals surface area contributed by atoms with Gasteiger partial charge in [0.25, 0.3) is 0 Å². The van der Waals surface area contributed by atoms with Gasteiger partial charge in [0.05, 0.1) is 79.7 Å². The van der Waals surface area contributed by atoms with Crippen molar-refractivity contribution < 1.29 is 26.3 Å². The average Bonchev–Trinajstić information content (AvgIpc) is 4.18. The summed E-state index contributed by atoms with van der Waals surface area (Å²) in [4.78, 5) is 0. The van der Waals surface area contributed by atoms with Gasteiger partial charge in [-0.15, -0.1) is 0 Å². The fourth-order valence-corrected chi connectivity index (χ4v) is 11.3. The third-order valence-electron chi connectivity index (χ3n) is 15.1. The normalized spacial score (nSPS) is 11.8. The lowest BCUT2D eigenvalue weighted by molar-refractivity contribution is -0.138. The van der Waals surface area contributed by atoms with E-state index in [1.54, 1.807) is 24.3 Å². The molecule has 0 aliphatic heterocycles. The molecular weight excluding hydrogens is 1010 g/mol. The molecule has 11 aromatic carbocycles. The summed E-state index contributed by atoms with van der Waals surface area (Å²) in [7, 11) is 0. The molecule has 0 saturated heterocycles. The summed E-state index contributed by atoms with van der Waals surface area (Å²) in [6, 6.07) is 68.7. The zero-order valence-electron chi connectivity index (χ0n) is 41.6. The summed E-state index contributed by atoms with van der Waals surface area (Å²) in [6.07, 6.45) is -8.99. The van der Waals surface area contributed by atoms with Crippen molar-refractivity contribution in [2.45, 2.75) is 12.4 Å². The summed E-state index contributed by atoms with van der Waals surface area (Å²) >= 11 is 0. The van der Waals surface area contributed by atoms with E-state index in [-0.39, 0.29) is 0 Å². The van der Waals surface area contributed by atoms with E-state index in [0.29, 0.717) is 44.5 Å². The first-order valence-electron chi connectivity index (χ1n) is 25.1. The summed E-state index contributed by atoms with van der Waals surface area (Å²) < 4.78 is 86.1. The van der Waals surface area contributed by atoms with Crippen LogP contribution in [0.5, 0.6) is 0 Å². The van der Waals surface area contributed by atoms with Crippen LogP contribution in [0.3, 0.4) is 0 Å². The van der Waals surface area contributed by atoms with Crippen LogP contribution in [-0.2, 0) is 12.4 Å². The van der Waals surface area contributed by atoms with Crippen LogP contribution in [0, 0.1) is 45.3 Å². The number of hydrogen-bond donors (Lipinski definition) is 0. The molecule has 378 valence electrons. The van der Waals surface area contributed by atoms with Gasteiger partial charge in [0.15, 0.2) is 0 Å². The number of benzene rings is 11. The molecule has 12 heteroatoms. The van der Waals surface area contributed by atoms with E-state index < -0.39 is 23.5 Å². The number of alkyl halides is 6. The van der Waals surface area contributed by atoms with E-state index in [1.165, 1.54) is 24.3 Å². The highest BCUT2D eigenvalue weighted by molar-refractivity contribution is 6.23. The molecule has 0 bridgehead atoms. The second-order valence-corrected chi connectivity index (χ2v) is 19.6. The number of rotatable bonds is 6. The maximum absolute atomic E-state index is 13.6. The average molecular weight is 1050 g/mol. The Hall–Kier alpha value is -10.9. The largest absolute Gasteiger partial charge is 0.416 e. The van der Waals surface area contributed by atoms with Crippen molar-refractivity contribution in [3.63, 3.8) is 0 Å².